The van der Waals surface area contributed by atoms with E-state index in [0.717, 1.165) is 28.5 Å². The summed E-state index contributed by atoms with van der Waals surface area (Å²) in [6.45, 7) is 0.695. The minimum atomic E-state index is 0.695. The first-order valence-corrected chi connectivity index (χ1v) is 9.62. The van der Waals surface area contributed by atoms with Crippen molar-refractivity contribution in [2.45, 2.75) is 32.2 Å². The van der Waals surface area contributed by atoms with E-state index in [0.29, 0.717) is 6.54 Å². The predicted octanol–water partition coefficient (Wildman–Crippen LogP) is 3.76. The molecule has 0 aromatic carbocycles. The van der Waals surface area contributed by atoms with Crippen molar-refractivity contribution in [3.05, 3.63) is 59.4 Å². The first-order valence-electron chi connectivity index (χ1n) is 8.81. The van der Waals surface area contributed by atoms with Gasteiger partial charge in [-0.2, -0.15) is 0 Å². The Labute approximate surface area is 155 Å². The maximum absolute atomic E-state index is 4.53. The van der Waals surface area contributed by atoms with Crippen molar-refractivity contribution in [2.75, 3.05) is 5.32 Å². The van der Waals surface area contributed by atoms with Gasteiger partial charge < -0.3 is 5.32 Å². The number of aryl methyl sites for hydroxylation is 2. The number of fused-ring (bicyclic) bond motifs is 3. The molecule has 26 heavy (non-hydrogen) atoms. The summed E-state index contributed by atoms with van der Waals surface area (Å²) < 4.78 is 1.90. The fourth-order valence-corrected chi connectivity index (χ4v) is 4.75. The molecule has 7 heteroatoms. The Bertz CT molecular complexity index is 1050. The smallest absolute Gasteiger partial charge is 0.138 e. The van der Waals surface area contributed by atoms with Crippen LogP contribution in [0.2, 0.25) is 0 Å². The maximum atomic E-state index is 4.53. The molecule has 4 heterocycles. The van der Waals surface area contributed by atoms with E-state index in [1.807, 2.05) is 34.4 Å². The lowest BCUT2D eigenvalue weighted by molar-refractivity contribution is 0.700. The van der Waals surface area contributed by atoms with Crippen LogP contribution in [0.15, 0.2) is 43.4 Å². The van der Waals surface area contributed by atoms with E-state index >= 15 is 0 Å². The first-order chi connectivity index (χ1) is 12.9. The SMILES string of the molecule is c1cn(-c2cc(CNc3ncnc4sc5c(c34)CCCC5)ccn2)cn1. The Hall–Kier alpha value is -2.80. The zero-order valence-corrected chi connectivity index (χ0v) is 15.0. The topological polar surface area (TPSA) is 68.5 Å². The van der Waals surface area contributed by atoms with Gasteiger partial charge in [0.25, 0.3) is 0 Å². The lowest BCUT2D eigenvalue weighted by Gasteiger charge is -2.12. The zero-order valence-electron chi connectivity index (χ0n) is 14.2. The third-order valence-electron chi connectivity index (χ3n) is 4.79. The molecule has 1 N–H and O–H groups in total. The molecule has 0 fully saturated rings. The van der Waals surface area contributed by atoms with Crippen molar-refractivity contribution < 1.29 is 0 Å². The van der Waals surface area contributed by atoms with Crippen molar-refractivity contribution in [3.63, 3.8) is 0 Å². The van der Waals surface area contributed by atoms with Crippen LogP contribution in [0.3, 0.4) is 0 Å². The van der Waals surface area contributed by atoms with Crippen LogP contribution in [0.4, 0.5) is 5.82 Å². The molecule has 130 valence electrons. The monoisotopic (exact) mass is 362 g/mol. The molecule has 0 unspecified atom stereocenters. The quantitative estimate of drug-likeness (QED) is 0.599. The van der Waals surface area contributed by atoms with Gasteiger partial charge >= 0.3 is 0 Å². The van der Waals surface area contributed by atoms with Crippen molar-refractivity contribution in [1.29, 1.82) is 0 Å². The van der Waals surface area contributed by atoms with E-state index in [2.05, 4.69) is 31.3 Å². The second-order valence-electron chi connectivity index (χ2n) is 6.46. The molecule has 0 radical (unpaired) electrons. The normalized spacial score (nSPS) is 13.7. The fraction of sp³-hybridized carbons (Fsp3) is 0.263. The van der Waals surface area contributed by atoms with Crippen LogP contribution in [0, 0.1) is 0 Å². The highest BCUT2D eigenvalue weighted by molar-refractivity contribution is 7.19. The number of imidazole rings is 1. The summed E-state index contributed by atoms with van der Waals surface area (Å²) in [5.74, 6) is 1.80. The van der Waals surface area contributed by atoms with Crippen LogP contribution in [-0.2, 0) is 19.4 Å². The van der Waals surface area contributed by atoms with Gasteiger partial charge in [0, 0.05) is 30.0 Å². The molecule has 1 aliphatic rings. The summed E-state index contributed by atoms with van der Waals surface area (Å²) >= 11 is 1.82. The van der Waals surface area contributed by atoms with Crippen LogP contribution < -0.4 is 5.32 Å². The molecule has 4 aromatic rings. The number of hydrogen-bond acceptors (Lipinski definition) is 6. The number of anilines is 1. The van der Waals surface area contributed by atoms with Crippen LogP contribution in [-0.4, -0.2) is 24.5 Å². The molecule has 0 spiro atoms. The number of rotatable bonds is 4. The van der Waals surface area contributed by atoms with Gasteiger partial charge in [0.05, 0.1) is 5.39 Å². The third kappa shape index (κ3) is 2.74. The molecule has 5 rings (SSSR count). The van der Waals surface area contributed by atoms with Gasteiger partial charge in [-0.25, -0.2) is 19.9 Å². The zero-order chi connectivity index (χ0) is 17.3. The number of nitrogens with zero attached hydrogens (tertiary/aromatic N) is 5. The number of nitrogens with one attached hydrogen (secondary N) is 1. The first kappa shape index (κ1) is 15.5. The Morgan fingerprint density at radius 1 is 1.12 bits per heavy atom. The Balaban J connectivity index is 1.44. The highest BCUT2D eigenvalue weighted by atomic mass is 32.1. The molecular formula is C19H18N6S. The predicted molar refractivity (Wildman–Crippen MR) is 103 cm³/mol. The summed E-state index contributed by atoms with van der Waals surface area (Å²) in [4.78, 5) is 20.1. The Morgan fingerprint density at radius 3 is 3.00 bits per heavy atom. The van der Waals surface area contributed by atoms with Gasteiger partial charge in [-0.1, -0.05) is 0 Å². The van der Waals surface area contributed by atoms with Gasteiger partial charge in [-0.15, -0.1) is 11.3 Å². The summed E-state index contributed by atoms with van der Waals surface area (Å²) in [6.07, 6.45) is 13.7. The van der Waals surface area contributed by atoms with E-state index in [1.54, 1.807) is 18.9 Å². The Kier molecular flexibility index (Phi) is 3.86. The highest BCUT2D eigenvalue weighted by Crippen LogP contribution is 2.38. The maximum Gasteiger partial charge on any atom is 0.138 e. The number of thiophene rings is 1. The van der Waals surface area contributed by atoms with Crippen LogP contribution >= 0.6 is 11.3 Å². The molecule has 0 aliphatic heterocycles. The van der Waals surface area contributed by atoms with Crippen molar-refractivity contribution >= 4 is 27.4 Å². The average molecular weight is 362 g/mol. The van der Waals surface area contributed by atoms with Gasteiger partial charge in [0.2, 0.25) is 0 Å². The summed E-state index contributed by atoms with van der Waals surface area (Å²) in [7, 11) is 0. The average Bonchev–Trinajstić information content (AvgIpc) is 3.34. The van der Waals surface area contributed by atoms with Crippen LogP contribution in [0.25, 0.3) is 16.0 Å². The Morgan fingerprint density at radius 2 is 2.08 bits per heavy atom. The molecule has 0 amide bonds. The minimum absolute atomic E-state index is 0.695. The van der Waals surface area contributed by atoms with E-state index in [9.17, 15) is 0 Å². The molecule has 1 aliphatic carbocycles. The fourth-order valence-electron chi connectivity index (χ4n) is 3.52. The molecule has 0 saturated carbocycles. The van der Waals surface area contributed by atoms with Gasteiger partial charge in [0.1, 0.15) is 29.1 Å². The van der Waals surface area contributed by atoms with Crippen LogP contribution in [0.1, 0.15) is 28.8 Å². The van der Waals surface area contributed by atoms with Crippen molar-refractivity contribution in [1.82, 2.24) is 24.5 Å². The molecule has 6 nitrogen and oxygen atoms in total. The van der Waals surface area contributed by atoms with Gasteiger partial charge in [0.15, 0.2) is 0 Å². The van der Waals surface area contributed by atoms with E-state index in [-0.39, 0.29) is 0 Å². The minimum Gasteiger partial charge on any atom is -0.365 e. The third-order valence-corrected chi connectivity index (χ3v) is 5.99. The van der Waals surface area contributed by atoms with Crippen molar-refractivity contribution in [3.8, 4) is 5.82 Å². The molecule has 0 atom stereocenters. The number of aromatic nitrogens is 5. The number of pyridine rings is 1. The lowest BCUT2D eigenvalue weighted by atomic mass is 9.97. The van der Waals surface area contributed by atoms with E-state index in [4.69, 9.17) is 0 Å². The van der Waals surface area contributed by atoms with Crippen molar-refractivity contribution in [2.24, 2.45) is 0 Å². The highest BCUT2D eigenvalue weighted by Gasteiger charge is 2.19. The summed E-state index contributed by atoms with van der Waals surface area (Å²) in [5.41, 5.74) is 2.60. The second-order valence-corrected chi connectivity index (χ2v) is 7.54. The molecule has 0 bridgehead atoms. The number of hydrogen-bond donors (Lipinski definition) is 1. The molecule has 0 saturated heterocycles. The molecular weight excluding hydrogens is 344 g/mol. The molecule has 4 aromatic heterocycles. The van der Waals surface area contributed by atoms with Gasteiger partial charge in [-0.3, -0.25) is 4.57 Å². The van der Waals surface area contributed by atoms with E-state index < -0.39 is 0 Å². The van der Waals surface area contributed by atoms with Crippen LogP contribution in [0.5, 0.6) is 0 Å². The second kappa shape index (κ2) is 6.49. The summed E-state index contributed by atoms with van der Waals surface area (Å²) in [5, 5.41) is 4.73. The largest absolute Gasteiger partial charge is 0.365 e. The lowest BCUT2D eigenvalue weighted by Crippen LogP contribution is -2.05. The van der Waals surface area contributed by atoms with E-state index in [1.165, 1.54) is 35.1 Å². The summed E-state index contributed by atoms with van der Waals surface area (Å²) in [6, 6.07) is 4.09. The van der Waals surface area contributed by atoms with Gasteiger partial charge in [-0.05, 0) is 48.9 Å². The standard InChI is InChI=1S/C19H18N6S/c1-2-4-15-14(3-1)17-18(23-11-24-19(17)26-15)22-10-13-5-6-21-16(9-13)25-8-7-20-12-25/h5-9,11-12H,1-4,10H2,(H,22,23,24).